The third-order valence-corrected chi connectivity index (χ3v) is 6.51. The zero-order valence-electron chi connectivity index (χ0n) is 21.3. The summed E-state index contributed by atoms with van der Waals surface area (Å²) in [5.74, 6) is 1.64. The molecule has 0 bridgehead atoms. The zero-order chi connectivity index (χ0) is 26.5. The van der Waals surface area contributed by atoms with Gasteiger partial charge in [0, 0.05) is 17.5 Å². The normalized spacial score (nSPS) is 15.0. The molecule has 0 saturated heterocycles. The van der Waals surface area contributed by atoms with Gasteiger partial charge < -0.3 is 19.7 Å². The van der Waals surface area contributed by atoms with Gasteiger partial charge in [-0.15, -0.1) is 0 Å². The van der Waals surface area contributed by atoms with Crippen molar-refractivity contribution in [2.75, 3.05) is 32.6 Å². The van der Waals surface area contributed by atoms with Crippen molar-refractivity contribution in [2.24, 2.45) is 4.99 Å². The summed E-state index contributed by atoms with van der Waals surface area (Å²) in [4.78, 5) is 15.8. The van der Waals surface area contributed by atoms with Crippen molar-refractivity contribution in [3.05, 3.63) is 89.0 Å². The van der Waals surface area contributed by atoms with Gasteiger partial charge in [-0.1, -0.05) is 29.8 Å². The van der Waals surface area contributed by atoms with E-state index in [4.69, 9.17) is 26.1 Å². The van der Waals surface area contributed by atoms with Crippen molar-refractivity contribution in [3.63, 3.8) is 0 Å². The number of halogens is 2. The molecular formula is C29H29ClFN5O2. The van der Waals surface area contributed by atoms with Gasteiger partial charge in [0.2, 0.25) is 0 Å². The van der Waals surface area contributed by atoms with E-state index in [2.05, 4.69) is 40.3 Å². The van der Waals surface area contributed by atoms with Crippen molar-refractivity contribution in [1.82, 2.24) is 14.9 Å². The third-order valence-electron chi connectivity index (χ3n) is 6.21. The molecule has 0 unspecified atom stereocenters. The monoisotopic (exact) mass is 533 g/mol. The number of fused-ring (bicyclic) bond motifs is 1. The maximum atomic E-state index is 13.4. The van der Waals surface area contributed by atoms with Gasteiger partial charge in [-0.25, -0.2) is 19.4 Å². The highest BCUT2D eigenvalue weighted by Gasteiger charge is 2.19. The van der Waals surface area contributed by atoms with E-state index >= 15 is 0 Å². The number of aromatic nitrogens is 2. The number of rotatable bonds is 10. The summed E-state index contributed by atoms with van der Waals surface area (Å²) in [5, 5.41) is 4.66. The highest BCUT2D eigenvalue weighted by atomic mass is 35.5. The van der Waals surface area contributed by atoms with Crippen molar-refractivity contribution >= 4 is 39.9 Å². The largest absolute Gasteiger partial charge is 0.487 e. The van der Waals surface area contributed by atoms with Crippen molar-refractivity contribution < 1.29 is 13.9 Å². The number of benzene rings is 3. The minimum atomic E-state index is -0.301. The first-order chi connectivity index (χ1) is 18.4. The van der Waals surface area contributed by atoms with E-state index in [1.165, 1.54) is 18.5 Å². The molecular weight excluding hydrogens is 505 g/mol. The van der Waals surface area contributed by atoms with Crippen LogP contribution in [0, 0.1) is 5.82 Å². The number of aliphatic imine (C=N–C) groups is 1. The second kappa shape index (κ2) is 11.8. The molecule has 4 aromatic rings. The van der Waals surface area contributed by atoms with Gasteiger partial charge in [-0.3, -0.25) is 0 Å². The summed E-state index contributed by atoms with van der Waals surface area (Å²) >= 11 is 6.48. The van der Waals surface area contributed by atoms with Gasteiger partial charge in [0.15, 0.2) is 5.90 Å². The highest BCUT2D eigenvalue weighted by Crippen LogP contribution is 2.31. The zero-order valence-corrected chi connectivity index (χ0v) is 22.1. The molecule has 1 aliphatic heterocycles. The molecule has 1 aromatic heterocycles. The molecule has 0 aliphatic carbocycles. The second-order valence-electron chi connectivity index (χ2n) is 9.52. The van der Waals surface area contributed by atoms with Gasteiger partial charge in [0.1, 0.15) is 36.9 Å². The van der Waals surface area contributed by atoms with Gasteiger partial charge in [0.05, 0.1) is 16.6 Å². The van der Waals surface area contributed by atoms with Crippen LogP contribution in [0.2, 0.25) is 5.02 Å². The lowest BCUT2D eigenvalue weighted by Gasteiger charge is -2.12. The molecule has 0 fully saturated rings. The van der Waals surface area contributed by atoms with Crippen LogP contribution in [0.25, 0.3) is 10.9 Å². The molecule has 196 valence electrons. The molecule has 0 radical (unpaired) electrons. The van der Waals surface area contributed by atoms with E-state index in [-0.39, 0.29) is 18.5 Å². The number of ether oxygens (including phenoxy) is 2. The Morgan fingerprint density at radius 3 is 2.79 bits per heavy atom. The first-order valence-corrected chi connectivity index (χ1v) is 12.8. The lowest BCUT2D eigenvalue weighted by atomic mass is 10.1. The molecule has 7 nitrogen and oxygen atoms in total. The van der Waals surface area contributed by atoms with Gasteiger partial charge >= 0.3 is 0 Å². The van der Waals surface area contributed by atoms with E-state index in [0.717, 1.165) is 46.6 Å². The summed E-state index contributed by atoms with van der Waals surface area (Å²) in [6.45, 7) is 1.83. The Balaban J connectivity index is 1.28. The van der Waals surface area contributed by atoms with Gasteiger partial charge in [-0.2, -0.15) is 0 Å². The lowest BCUT2D eigenvalue weighted by molar-refractivity contribution is 0.291. The summed E-state index contributed by atoms with van der Waals surface area (Å²) in [7, 11) is 4.13. The number of hydrogen-bond acceptors (Lipinski definition) is 7. The Labute approximate surface area is 226 Å². The average Bonchev–Trinajstić information content (AvgIpc) is 3.34. The highest BCUT2D eigenvalue weighted by molar-refractivity contribution is 6.32. The molecule has 0 spiro atoms. The summed E-state index contributed by atoms with van der Waals surface area (Å²) in [5.41, 5.74) is 3.38. The van der Waals surface area contributed by atoms with Crippen LogP contribution in [0.1, 0.15) is 17.5 Å². The summed E-state index contributed by atoms with van der Waals surface area (Å²) < 4.78 is 25.1. The van der Waals surface area contributed by atoms with E-state index in [9.17, 15) is 4.39 Å². The van der Waals surface area contributed by atoms with Gasteiger partial charge in [0.25, 0.3) is 0 Å². The topological polar surface area (TPSA) is 71.9 Å². The molecule has 38 heavy (non-hydrogen) atoms. The Kier molecular flexibility index (Phi) is 8.00. The van der Waals surface area contributed by atoms with Crippen molar-refractivity contribution in [1.29, 1.82) is 0 Å². The van der Waals surface area contributed by atoms with Crippen LogP contribution >= 0.6 is 11.6 Å². The first-order valence-electron chi connectivity index (χ1n) is 12.4. The first kappa shape index (κ1) is 25.9. The SMILES string of the molecule is CN(C)CC[C@H]1COC(Cc2ccc3ncnc(Nc4ccc(OCc5cccc(F)c5)c(Cl)c4)c3c2)=N1. The van der Waals surface area contributed by atoms with E-state index in [1.54, 1.807) is 24.3 Å². The number of hydrogen-bond donors (Lipinski definition) is 1. The lowest BCUT2D eigenvalue weighted by Crippen LogP contribution is -2.19. The van der Waals surface area contributed by atoms with Crippen LogP contribution in [0.15, 0.2) is 72.0 Å². The number of nitrogens with one attached hydrogen (secondary N) is 1. The Hall–Kier alpha value is -3.75. The maximum Gasteiger partial charge on any atom is 0.188 e. The van der Waals surface area contributed by atoms with E-state index in [1.807, 2.05) is 18.2 Å². The van der Waals surface area contributed by atoms with Crippen LogP contribution in [-0.4, -0.2) is 54.1 Å². The molecule has 1 N–H and O–H groups in total. The molecule has 1 aliphatic rings. The van der Waals surface area contributed by atoms with Crippen molar-refractivity contribution in [2.45, 2.75) is 25.5 Å². The van der Waals surface area contributed by atoms with Crippen molar-refractivity contribution in [3.8, 4) is 5.75 Å². The van der Waals surface area contributed by atoms with E-state index < -0.39 is 0 Å². The molecule has 9 heteroatoms. The van der Waals surface area contributed by atoms with Crippen LogP contribution in [0.4, 0.5) is 15.9 Å². The molecule has 3 aromatic carbocycles. The van der Waals surface area contributed by atoms with Gasteiger partial charge in [-0.05, 0) is 80.7 Å². The predicted octanol–water partition coefficient (Wildman–Crippen LogP) is 6.04. The average molecular weight is 534 g/mol. The number of nitrogens with zero attached hydrogens (tertiary/aromatic N) is 4. The fourth-order valence-corrected chi connectivity index (χ4v) is 4.47. The quantitative estimate of drug-likeness (QED) is 0.268. The second-order valence-corrected chi connectivity index (χ2v) is 9.93. The molecule has 1 atom stereocenters. The maximum absolute atomic E-state index is 13.4. The van der Waals surface area contributed by atoms with Crippen LogP contribution in [-0.2, 0) is 17.8 Å². The summed E-state index contributed by atoms with van der Waals surface area (Å²) in [6.07, 6.45) is 3.13. The molecule has 2 heterocycles. The third kappa shape index (κ3) is 6.57. The number of anilines is 2. The Bertz CT molecular complexity index is 1460. The van der Waals surface area contributed by atoms with Crippen LogP contribution < -0.4 is 10.1 Å². The molecule has 0 saturated carbocycles. The Morgan fingerprint density at radius 2 is 1.97 bits per heavy atom. The predicted molar refractivity (Wildman–Crippen MR) is 149 cm³/mol. The minimum absolute atomic E-state index is 0.207. The minimum Gasteiger partial charge on any atom is -0.487 e. The van der Waals surface area contributed by atoms with E-state index in [0.29, 0.717) is 29.6 Å². The fraction of sp³-hybridized carbons (Fsp3) is 0.276. The van der Waals surface area contributed by atoms with Crippen LogP contribution in [0.3, 0.4) is 0 Å². The smallest absolute Gasteiger partial charge is 0.188 e. The standard InChI is InChI=1S/C29H29ClFN5O2/c1-36(2)11-10-23-17-38-28(34-23)14-19-6-8-26-24(13-19)29(33-18-32-26)35-22-7-9-27(25(30)15-22)37-16-20-4-3-5-21(31)12-20/h3-9,12-13,15,18,23H,10-11,14,16-17H2,1-2H3,(H,32,33,35)/t23-/m0/s1. The van der Waals surface area contributed by atoms with Crippen LogP contribution in [0.5, 0.6) is 5.75 Å². The Morgan fingerprint density at radius 1 is 1.08 bits per heavy atom. The molecule has 5 rings (SSSR count). The molecule has 0 amide bonds. The fourth-order valence-electron chi connectivity index (χ4n) is 4.23. The summed E-state index contributed by atoms with van der Waals surface area (Å²) in [6, 6.07) is 18.0.